The number of rotatable bonds is 3. The van der Waals surface area contributed by atoms with Gasteiger partial charge in [0.1, 0.15) is 5.82 Å². The molecule has 0 atom stereocenters. The summed E-state index contributed by atoms with van der Waals surface area (Å²) in [7, 11) is 0. The fraction of sp³-hybridized carbons (Fsp3) is 0.500. The van der Waals surface area contributed by atoms with E-state index in [1.165, 1.54) is 22.4 Å². The molecule has 1 aromatic rings. The van der Waals surface area contributed by atoms with Gasteiger partial charge in [-0.25, -0.2) is 4.98 Å². The van der Waals surface area contributed by atoms with Gasteiger partial charge in [0.2, 0.25) is 0 Å². The zero-order chi connectivity index (χ0) is 15.9. The van der Waals surface area contributed by atoms with Crippen molar-refractivity contribution in [3.05, 3.63) is 34.7 Å². The van der Waals surface area contributed by atoms with E-state index in [9.17, 15) is 5.11 Å². The van der Waals surface area contributed by atoms with Crippen LogP contribution in [0, 0.1) is 6.92 Å². The van der Waals surface area contributed by atoms with Crippen LogP contribution in [0.25, 0.3) is 11.8 Å². The molecule has 0 amide bonds. The molecule has 1 aliphatic carbocycles. The van der Waals surface area contributed by atoms with Gasteiger partial charge in [-0.2, -0.15) is 0 Å². The molecule has 0 unspecified atom stereocenters. The number of nitrogens with zero attached hydrogens (tertiary/aromatic N) is 2. The molecule has 2 heterocycles. The minimum absolute atomic E-state index is 0.0448. The van der Waals surface area contributed by atoms with Crippen molar-refractivity contribution in [3.63, 3.8) is 0 Å². The SMILES string of the molecule is Cc1cc2c(c(NC(C)(C)C)n1)C(=C1CC1)N(CCO)C=C2. The number of β-amino-alcohol motifs (C(OH)–C–C–N with tert-alkyl or cyclic N) is 1. The highest BCUT2D eigenvalue weighted by Crippen LogP contribution is 2.44. The summed E-state index contributed by atoms with van der Waals surface area (Å²) in [5.41, 5.74) is 6.07. The van der Waals surface area contributed by atoms with Gasteiger partial charge in [-0.05, 0) is 63.8 Å². The largest absolute Gasteiger partial charge is 0.395 e. The van der Waals surface area contributed by atoms with Gasteiger partial charge in [-0.15, -0.1) is 0 Å². The van der Waals surface area contributed by atoms with Crippen molar-refractivity contribution in [1.82, 2.24) is 9.88 Å². The number of allylic oxidation sites excluding steroid dienone is 1. The first-order valence-corrected chi connectivity index (χ1v) is 7.97. The summed E-state index contributed by atoms with van der Waals surface area (Å²) in [5.74, 6) is 0.948. The molecule has 4 heteroatoms. The Morgan fingerprint density at radius 3 is 2.64 bits per heavy atom. The maximum atomic E-state index is 9.36. The molecule has 1 saturated carbocycles. The fourth-order valence-electron chi connectivity index (χ4n) is 2.89. The van der Waals surface area contributed by atoms with Crippen LogP contribution in [0.5, 0.6) is 0 Å². The maximum Gasteiger partial charge on any atom is 0.136 e. The molecule has 0 radical (unpaired) electrons. The van der Waals surface area contributed by atoms with E-state index >= 15 is 0 Å². The molecule has 2 aliphatic rings. The van der Waals surface area contributed by atoms with Crippen LogP contribution < -0.4 is 5.32 Å². The van der Waals surface area contributed by atoms with Gasteiger partial charge in [-0.1, -0.05) is 0 Å². The van der Waals surface area contributed by atoms with Crippen molar-refractivity contribution in [3.8, 4) is 0 Å². The first-order chi connectivity index (χ1) is 10.4. The highest BCUT2D eigenvalue weighted by atomic mass is 16.3. The topological polar surface area (TPSA) is 48.4 Å². The monoisotopic (exact) mass is 299 g/mol. The minimum Gasteiger partial charge on any atom is -0.395 e. The quantitative estimate of drug-likeness (QED) is 0.898. The molecule has 0 spiro atoms. The number of fused-ring (bicyclic) bond motifs is 1. The lowest BCUT2D eigenvalue weighted by Gasteiger charge is -2.32. The summed E-state index contributed by atoms with van der Waals surface area (Å²) in [6.07, 6.45) is 6.50. The number of nitrogens with one attached hydrogen (secondary N) is 1. The molecule has 0 bridgehead atoms. The molecular weight excluding hydrogens is 274 g/mol. The number of hydrogen-bond acceptors (Lipinski definition) is 4. The highest BCUT2D eigenvalue weighted by Gasteiger charge is 2.30. The van der Waals surface area contributed by atoms with Crippen LogP contribution >= 0.6 is 0 Å². The van der Waals surface area contributed by atoms with Crippen molar-refractivity contribution in [2.45, 2.75) is 46.1 Å². The van der Waals surface area contributed by atoms with E-state index < -0.39 is 0 Å². The second-order valence-electron chi connectivity index (χ2n) is 7.14. The van der Waals surface area contributed by atoms with Gasteiger partial charge >= 0.3 is 0 Å². The molecule has 4 nitrogen and oxygen atoms in total. The van der Waals surface area contributed by atoms with Gasteiger partial charge in [0, 0.05) is 29.5 Å². The van der Waals surface area contributed by atoms with Crippen LogP contribution in [0.15, 0.2) is 17.8 Å². The number of aliphatic hydroxyl groups excluding tert-OH is 1. The maximum absolute atomic E-state index is 9.36. The lowest BCUT2D eigenvalue weighted by Crippen LogP contribution is -2.30. The number of aliphatic hydroxyl groups is 1. The summed E-state index contributed by atoms with van der Waals surface area (Å²) in [4.78, 5) is 6.92. The molecule has 3 rings (SSSR count). The van der Waals surface area contributed by atoms with Crippen LogP contribution in [0.4, 0.5) is 5.82 Å². The summed E-state index contributed by atoms with van der Waals surface area (Å²) in [6, 6.07) is 2.14. The van der Waals surface area contributed by atoms with Crippen molar-refractivity contribution >= 4 is 17.6 Å². The van der Waals surface area contributed by atoms with Crippen LogP contribution in [-0.2, 0) is 0 Å². The summed E-state index contributed by atoms with van der Waals surface area (Å²) >= 11 is 0. The van der Waals surface area contributed by atoms with Gasteiger partial charge in [0.05, 0.1) is 12.3 Å². The first-order valence-electron chi connectivity index (χ1n) is 7.97. The zero-order valence-corrected chi connectivity index (χ0v) is 13.9. The van der Waals surface area contributed by atoms with Crippen LogP contribution in [0.1, 0.15) is 50.4 Å². The summed E-state index contributed by atoms with van der Waals surface area (Å²) < 4.78 is 0. The normalized spacial score (nSPS) is 16.9. The third-order valence-corrected chi connectivity index (χ3v) is 3.81. The predicted molar refractivity (Wildman–Crippen MR) is 91.3 cm³/mol. The van der Waals surface area contributed by atoms with E-state index in [1.807, 2.05) is 6.92 Å². The lowest BCUT2D eigenvalue weighted by atomic mass is 9.98. The Labute approximate surface area is 132 Å². The van der Waals surface area contributed by atoms with Crippen molar-refractivity contribution in [2.24, 2.45) is 0 Å². The Balaban J connectivity index is 2.15. The molecule has 1 aliphatic heterocycles. The van der Waals surface area contributed by atoms with Crippen LogP contribution in [0.2, 0.25) is 0 Å². The number of aryl methyl sites for hydroxylation is 1. The van der Waals surface area contributed by atoms with Crippen LogP contribution in [0.3, 0.4) is 0 Å². The van der Waals surface area contributed by atoms with Gasteiger partial charge in [0.25, 0.3) is 0 Å². The Bertz CT molecular complexity index is 647. The number of aromatic nitrogens is 1. The number of hydrogen-bond donors (Lipinski definition) is 2. The molecule has 22 heavy (non-hydrogen) atoms. The minimum atomic E-state index is -0.0448. The Morgan fingerprint density at radius 2 is 2.05 bits per heavy atom. The summed E-state index contributed by atoms with van der Waals surface area (Å²) in [6.45, 7) is 9.26. The van der Waals surface area contributed by atoms with E-state index in [1.54, 1.807) is 0 Å². The van der Waals surface area contributed by atoms with Crippen molar-refractivity contribution in [2.75, 3.05) is 18.5 Å². The first kappa shape index (κ1) is 15.1. The van der Waals surface area contributed by atoms with E-state index in [0.717, 1.165) is 24.4 Å². The number of anilines is 1. The Morgan fingerprint density at radius 1 is 1.32 bits per heavy atom. The molecule has 1 aromatic heterocycles. The molecule has 2 N–H and O–H groups in total. The molecule has 0 aromatic carbocycles. The predicted octanol–water partition coefficient (Wildman–Crippen LogP) is 3.38. The number of pyridine rings is 1. The van der Waals surface area contributed by atoms with Crippen molar-refractivity contribution in [1.29, 1.82) is 0 Å². The fourth-order valence-corrected chi connectivity index (χ4v) is 2.89. The van der Waals surface area contributed by atoms with E-state index in [0.29, 0.717) is 6.54 Å². The van der Waals surface area contributed by atoms with E-state index in [-0.39, 0.29) is 12.1 Å². The van der Waals surface area contributed by atoms with E-state index in [4.69, 9.17) is 4.98 Å². The van der Waals surface area contributed by atoms with Crippen LogP contribution in [-0.4, -0.2) is 33.7 Å². The standard InChI is InChI=1S/C18H25N3O/c1-12-11-14-7-8-21(9-10-22)16(13-5-6-13)15(14)17(19-12)20-18(2,3)4/h7-8,11,22H,5-6,9-10H2,1-4H3,(H,19,20). The average molecular weight is 299 g/mol. The van der Waals surface area contributed by atoms with Gasteiger partial charge in [-0.3, -0.25) is 0 Å². The third kappa shape index (κ3) is 3.02. The third-order valence-electron chi connectivity index (χ3n) is 3.81. The molecule has 118 valence electrons. The molecular formula is C18H25N3O. The van der Waals surface area contributed by atoms with Gasteiger partial charge < -0.3 is 15.3 Å². The van der Waals surface area contributed by atoms with E-state index in [2.05, 4.69) is 49.3 Å². The average Bonchev–Trinajstić information content (AvgIpc) is 3.21. The zero-order valence-electron chi connectivity index (χ0n) is 13.9. The van der Waals surface area contributed by atoms with Gasteiger partial charge in [0.15, 0.2) is 0 Å². The second kappa shape index (κ2) is 5.43. The molecule has 1 fully saturated rings. The molecule has 0 saturated heterocycles. The van der Waals surface area contributed by atoms with Crippen molar-refractivity contribution < 1.29 is 5.11 Å². The smallest absolute Gasteiger partial charge is 0.136 e. The Kier molecular flexibility index (Phi) is 3.73. The lowest BCUT2D eigenvalue weighted by molar-refractivity contribution is 0.267. The Hall–Kier alpha value is -1.81. The second-order valence-corrected chi connectivity index (χ2v) is 7.14. The summed E-state index contributed by atoms with van der Waals surface area (Å²) in [5, 5.41) is 12.9. The highest BCUT2D eigenvalue weighted by molar-refractivity contribution is 5.86.